The fourth-order valence-electron chi connectivity index (χ4n) is 10.8. The molecule has 0 aromatic heterocycles. The molecule has 0 spiro atoms. The maximum absolute atomic E-state index is 13.4. The van der Waals surface area contributed by atoms with Crippen molar-refractivity contribution in [2.24, 2.45) is 0 Å². The van der Waals surface area contributed by atoms with Crippen molar-refractivity contribution >= 4 is 11.9 Å². The maximum Gasteiger partial charge on any atom is 0.306 e. The fraction of sp³-hybridized carbons (Fsp3) is 0.857. The Kier molecular flexibility index (Phi) is 54.9. The number of hydrogen-bond acceptors (Lipinski definition) is 10. The second kappa shape index (κ2) is 58.0. The van der Waals surface area contributed by atoms with Crippen molar-refractivity contribution in [1.29, 1.82) is 0 Å². The predicted molar refractivity (Wildman–Crippen MR) is 338 cm³/mol. The Hall–Kier alpha value is -2.38. The quantitative estimate of drug-likeness (QED) is 0.0195. The topological polar surface area (TPSA) is 175 Å². The van der Waals surface area contributed by atoms with E-state index in [2.05, 4.69) is 50.4 Å². The number of aliphatic hydroxyl groups is 5. The summed E-state index contributed by atoms with van der Waals surface area (Å²) in [6, 6.07) is -1.05. The normalized spacial score (nSPS) is 18.9. The summed E-state index contributed by atoms with van der Waals surface area (Å²) in [7, 11) is 0. The number of ether oxygens (including phenoxy) is 3. The summed E-state index contributed by atoms with van der Waals surface area (Å²) in [5.41, 5.74) is 0. The van der Waals surface area contributed by atoms with E-state index < -0.39 is 67.4 Å². The van der Waals surface area contributed by atoms with Gasteiger partial charge in [-0.2, -0.15) is 0 Å². The zero-order chi connectivity index (χ0) is 58.9. The maximum atomic E-state index is 13.4. The summed E-state index contributed by atoms with van der Waals surface area (Å²) < 4.78 is 17.6. The molecule has 0 aromatic carbocycles. The summed E-state index contributed by atoms with van der Waals surface area (Å²) in [6.45, 7) is 5.77. The highest BCUT2D eigenvalue weighted by atomic mass is 16.7. The lowest BCUT2D eigenvalue weighted by Gasteiger charge is -2.41. The molecule has 11 heteroatoms. The van der Waals surface area contributed by atoms with E-state index >= 15 is 0 Å². The average molecular weight is 1140 g/mol. The van der Waals surface area contributed by atoms with Gasteiger partial charge in [0.2, 0.25) is 5.91 Å². The van der Waals surface area contributed by atoms with Gasteiger partial charge in [0.05, 0.1) is 25.4 Å². The van der Waals surface area contributed by atoms with Crippen LogP contribution in [-0.4, -0.2) is 99.6 Å². The molecular weight excluding hydrogens is 1010 g/mol. The van der Waals surface area contributed by atoms with Gasteiger partial charge in [-0.25, -0.2) is 0 Å². The Bertz CT molecular complexity index is 1500. The minimum Gasteiger partial charge on any atom is -0.454 e. The van der Waals surface area contributed by atoms with Crippen molar-refractivity contribution in [2.75, 3.05) is 13.2 Å². The summed E-state index contributed by atoms with van der Waals surface area (Å²) >= 11 is 0. The van der Waals surface area contributed by atoms with E-state index in [0.29, 0.717) is 12.8 Å². The Labute approximate surface area is 497 Å². The van der Waals surface area contributed by atoms with Gasteiger partial charge in [-0.3, -0.25) is 9.59 Å². The summed E-state index contributed by atoms with van der Waals surface area (Å²) in [4.78, 5) is 26.5. The second-order valence-electron chi connectivity index (χ2n) is 23.9. The lowest BCUT2D eigenvalue weighted by atomic mass is 9.99. The van der Waals surface area contributed by atoms with Crippen LogP contribution in [0.3, 0.4) is 0 Å². The standard InChI is InChI=1S/C70H129NO10/c1-4-7-10-13-16-19-22-25-26-27-28-29-30-31-32-33-34-35-36-37-38-40-43-46-49-52-55-58-65(75)81-68-67(77)66(76)64(59-72)80-70(68)79-60-61(62(73)56-53-50-47-44-42-39-23-20-17-14-11-8-5-2)71-69(78)63(74)57-54-51-48-45-41-24-21-18-15-12-9-6-3/h25-26,41,45,51,53-54,56,61-64,66-68,70,72-74,76-77H,4-24,27-40,42-44,46-50,52,55,57-60H2,1-3H3,(H,71,78)/b26-25+,45-41-,54-51+,56-53+. The number of esters is 1. The van der Waals surface area contributed by atoms with Crippen molar-refractivity contribution in [3.8, 4) is 0 Å². The second-order valence-corrected chi connectivity index (χ2v) is 23.9. The molecule has 0 saturated carbocycles. The largest absolute Gasteiger partial charge is 0.454 e. The van der Waals surface area contributed by atoms with Crippen LogP contribution in [0.4, 0.5) is 0 Å². The van der Waals surface area contributed by atoms with Gasteiger partial charge in [-0.15, -0.1) is 0 Å². The molecule has 11 nitrogen and oxygen atoms in total. The van der Waals surface area contributed by atoms with Crippen molar-refractivity contribution in [3.05, 3.63) is 48.6 Å². The number of amides is 1. The van der Waals surface area contributed by atoms with Gasteiger partial charge in [0.25, 0.3) is 0 Å². The first-order valence-corrected chi connectivity index (χ1v) is 34.4. The molecule has 1 amide bonds. The highest BCUT2D eigenvalue weighted by Crippen LogP contribution is 2.26. The van der Waals surface area contributed by atoms with Gasteiger partial charge in [-0.05, 0) is 64.2 Å². The van der Waals surface area contributed by atoms with Crippen molar-refractivity contribution in [2.45, 2.75) is 372 Å². The first-order valence-electron chi connectivity index (χ1n) is 34.4. The Balaban J connectivity index is 2.54. The Morgan fingerprint density at radius 2 is 0.852 bits per heavy atom. The highest BCUT2D eigenvalue weighted by Gasteiger charge is 2.47. The van der Waals surface area contributed by atoms with E-state index in [1.54, 1.807) is 12.2 Å². The number of allylic oxidation sites excluding steroid dienone is 6. The van der Waals surface area contributed by atoms with Crippen LogP contribution in [0.1, 0.15) is 323 Å². The third-order valence-electron chi connectivity index (χ3n) is 16.2. The minimum atomic E-state index is -1.62. The van der Waals surface area contributed by atoms with Gasteiger partial charge in [0.15, 0.2) is 12.4 Å². The molecule has 1 aliphatic heterocycles. The number of unbranched alkanes of at least 4 members (excludes halogenated alkanes) is 40. The molecular formula is C70H129NO10. The first kappa shape index (κ1) is 76.6. The molecule has 1 saturated heterocycles. The molecule has 0 aromatic rings. The zero-order valence-electron chi connectivity index (χ0n) is 52.7. The van der Waals surface area contributed by atoms with Gasteiger partial charge < -0.3 is 45.1 Å². The molecule has 6 N–H and O–H groups in total. The van der Waals surface area contributed by atoms with Gasteiger partial charge in [0.1, 0.15) is 24.4 Å². The van der Waals surface area contributed by atoms with Gasteiger partial charge in [-0.1, -0.05) is 294 Å². The summed E-state index contributed by atoms with van der Waals surface area (Å²) in [6.07, 6.45) is 61.9. The summed E-state index contributed by atoms with van der Waals surface area (Å²) in [5, 5.41) is 56.9. The van der Waals surface area contributed by atoms with Crippen LogP contribution in [0.25, 0.3) is 0 Å². The van der Waals surface area contributed by atoms with Crippen molar-refractivity contribution < 1.29 is 49.3 Å². The average Bonchev–Trinajstić information content (AvgIpc) is 3.50. The lowest BCUT2D eigenvalue weighted by molar-refractivity contribution is -0.305. The van der Waals surface area contributed by atoms with Crippen LogP contribution in [-0.2, 0) is 23.8 Å². The van der Waals surface area contributed by atoms with Crippen molar-refractivity contribution in [3.63, 3.8) is 0 Å². The Morgan fingerprint density at radius 1 is 0.481 bits per heavy atom. The molecule has 0 bridgehead atoms. The number of hydrogen-bond donors (Lipinski definition) is 6. The van der Waals surface area contributed by atoms with Crippen LogP contribution in [0, 0.1) is 0 Å². The van der Waals surface area contributed by atoms with Crippen LogP contribution < -0.4 is 5.32 Å². The van der Waals surface area contributed by atoms with Crippen LogP contribution in [0.15, 0.2) is 48.6 Å². The molecule has 1 fully saturated rings. The number of nitrogens with one attached hydrogen (secondary N) is 1. The molecule has 0 aliphatic carbocycles. The van der Waals surface area contributed by atoms with E-state index in [1.165, 1.54) is 231 Å². The van der Waals surface area contributed by atoms with Crippen LogP contribution in [0.5, 0.6) is 0 Å². The molecule has 81 heavy (non-hydrogen) atoms. The smallest absolute Gasteiger partial charge is 0.306 e. The van der Waals surface area contributed by atoms with E-state index in [0.717, 1.165) is 44.9 Å². The number of carbonyl (C=O) groups excluding carboxylic acids is 2. The molecule has 474 valence electrons. The van der Waals surface area contributed by atoms with E-state index in [9.17, 15) is 35.1 Å². The molecule has 1 aliphatic rings. The molecule has 8 unspecified atom stereocenters. The zero-order valence-corrected chi connectivity index (χ0v) is 52.7. The highest BCUT2D eigenvalue weighted by molar-refractivity contribution is 5.81. The number of rotatable bonds is 59. The molecule has 1 rings (SSSR count). The predicted octanol–water partition coefficient (Wildman–Crippen LogP) is 17.2. The molecule has 0 radical (unpaired) electrons. The summed E-state index contributed by atoms with van der Waals surface area (Å²) in [5.74, 6) is -1.26. The third kappa shape index (κ3) is 45.6. The van der Waals surface area contributed by atoms with Crippen molar-refractivity contribution in [1.82, 2.24) is 5.32 Å². The SMILES string of the molecule is CCCCCCCC/C=C\C/C=C/CC(O)C(=O)NC(COC1OC(CO)C(O)C(O)C1OC(=O)CCCCCCCCCCCCCCCCCCC/C=C/CCCCCCCC)C(O)/C=C/CCCCCCCCCCCCC. The fourth-order valence-corrected chi connectivity index (χ4v) is 10.8. The van der Waals surface area contributed by atoms with Gasteiger partial charge in [0, 0.05) is 12.8 Å². The first-order chi connectivity index (χ1) is 39.7. The monoisotopic (exact) mass is 1140 g/mol. The van der Waals surface area contributed by atoms with Gasteiger partial charge >= 0.3 is 5.97 Å². The van der Waals surface area contributed by atoms with E-state index in [4.69, 9.17) is 14.2 Å². The third-order valence-corrected chi connectivity index (χ3v) is 16.2. The molecule has 8 atom stereocenters. The van der Waals surface area contributed by atoms with Crippen LogP contribution in [0.2, 0.25) is 0 Å². The van der Waals surface area contributed by atoms with Crippen LogP contribution >= 0.6 is 0 Å². The number of aliphatic hydroxyl groups excluding tert-OH is 5. The molecule has 1 heterocycles. The Morgan fingerprint density at radius 3 is 1.27 bits per heavy atom. The number of carbonyl (C=O) groups is 2. The minimum absolute atomic E-state index is 0.0835. The van der Waals surface area contributed by atoms with E-state index in [-0.39, 0.29) is 19.4 Å². The van der Waals surface area contributed by atoms with E-state index in [1.807, 2.05) is 12.2 Å². The lowest BCUT2D eigenvalue weighted by Crippen LogP contribution is -2.61.